The molecule has 29 heavy (non-hydrogen) atoms. The van der Waals surface area contributed by atoms with Gasteiger partial charge in [-0.1, -0.05) is 6.42 Å². The Hall–Kier alpha value is -1.95. The van der Waals surface area contributed by atoms with E-state index in [0.29, 0.717) is 43.4 Å². The van der Waals surface area contributed by atoms with Gasteiger partial charge in [0.1, 0.15) is 17.2 Å². The van der Waals surface area contributed by atoms with Crippen LogP contribution >= 0.6 is 11.3 Å². The number of fused-ring (bicyclic) bond motifs is 1. The van der Waals surface area contributed by atoms with E-state index in [1.54, 1.807) is 11.3 Å². The summed E-state index contributed by atoms with van der Waals surface area (Å²) in [5, 5.41) is 13.3. The fourth-order valence-electron chi connectivity index (χ4n) is 4.42. The smallest absolute Gasteiger partial charge is 0.251 e. The number of piperazine rings is 1. The molecule has 1 atom stereocenters. The van der Waals surface area contributed by atoms with Gasteiger partial charge in [-0.25, -0.2) is 0 Å². The number of hydrogen-bond acceptors (Lipinski definition) is 6. The van der Waals surface area contributed by atoms with E-state index in [2.05, 4.69) is 16.3 Å². The minimum Gasteiger partial charge on any atom is -0.368 e. The van der Waals surface area contributed by atoms with Crippen LogP contribution in [0.15, 0.2) is 0 Å². The van der Waals surface area contributed by atoms with Crippen LogP contribution in [0.2, 0.25) is 0 Å². The van der Waals surface area contributed by atoms with Gasteiger partial charge in [-0.15, -0.1) is 11.3 Å². The zero-order chi connectivity index (χ0) is 20.2. The summed E-state index contributed by atoms with van der Waals surface area (Å²) in [7, 11) is 0. The normalized spacial score (nSPS) is 22.6. The molecule has 2 amide bonds. The first-order valence-corrected chi connectivity index (χ1v) is 11.4. The first kappa shape index (κ1) is 20.3. The van der Waals surface area contributed by atoms with E-state index in [1.807, 2.05) is 4.90 Å². The minimum absolute atomic E-state index is 0.0863. The van der Waals surface area contributed by atoms with Gasteiger partial charge < -0.3 is 15.0 Å². The standard InChI is InChI=1S/C21H28N4O3S/c22-13-16-15-5-2-1-3-7-18(15)29-20(16)23-19(26)14-24-8-10-25(11-9-24)21(27)17-6-4-12-28-17/h17H,1-12,14H2,(H,23,26). The number of amides is 2. The van der Waals surface area contributed by atoms with E-state index in [1.165, 1.54) is 11.3 Å². The predicted octanol–water partition coefficient (Wildman–Crippen LogP) is 2.15. The van der Waals surface area contributed by atoms with Crippen LogP contribution in [0.25, 0.3) is 0 Å². The summed E-state index contributed by atoms with van der Waals surface area (Å²) in [6, 6.07) is 2.31. The quantitative estimate of drug-likeness (QED) is 0.760. The van der Waals surface area contributed by atoms with Crippen LogP contribution in [0.4, 0.5) is 5.00 Å². The molecule has 1 aromatic heterocycles. The summed E-state index contributed by atoms with van der Waals surface area (Å²) in [6.45, 7) is 3.57. The second-order valence-corrected chi connectivity index (χ2v) is 9.14. The molecule has 0 bridgehead atoms. The van der Waals surface area contributed by atoms with Crippen molar-refractivity contribution in [2.75, 3.05) is 44.6 Å². The van der Waals surface area contributed by atoms with Gasteiger partial charge in [-0.3, -0.25) is 14.5 Å². The molecule has 156 valence electrons. The number of carbonyl (C=O) groups excluding carboxylic acids is 2. The van der Waals surface area contributed by atoms with Gasteiger partial charge in [-0.05, 0) is 44.1 Å². The molecule has 0 saturated carbocycles. The second-order valence-electron chi connectivity index (χ2n) is 8.03. The number of carbonyl (C=O) groups is 2. The highest BCUT2D eigenvalue weighted by Gasteiger charge is 2.30. The number of thiophene rings is 1. The van der Waals surface area contributed by atoms with E-state index in [9.17, 15) is 14.9 Å². The van der Waals surface area contributed by atoms with Crippen molar-refractivity contribution in [3.8, 4) is 6.07 Å². The molecule has 7 nitrogen and oxygen atoms in total. The molecule has 8 heteroatoms. The summed E-state index contributed by atoms with van der Waals surface area (Å²) in [4.78, 5) is 30.2. The maximum absolute atomic E-state index is 12.6. The van der Waals surface area contributed by atoms with E-state index in [0.717, 1.165) is 44.1 Å². The van der Waals surface area contributed by atoms with Crippen molar-refractivity contribution >= 4 is 28.2 Å². The lowest BCUT2D eigenvalue weighted by Gasteiger charge is -2.35. The van der Waals surface area contributed by atoms with E-state index < -0.39 is 0 Å². The van der Waals surface area contributed by atoms with Gasteiger partial charge in [0, 0.05) is 37.7 Å². The fourth-order valence-corrected chi connectivity index (χ4v) is 5.68. The number of hydrogen-bond donors (Lipinski definition) is 1. The molecule has 1 aliphatic carbocycles. The zero-order valence-electron chi connectivity index (χ0n) is 16.7. The first-order chi connectivity index (χ1) is 14.2. The minimum atomic E-state index is -0.275. The highest BCUT2D eigenvalue weighted by Crippen LogP contribution is 2.36. The maximum atomic E-state index is 12.6. The van der Waals surface area contributed by atoms with Crippen molar-refractivity contribution in [2.45, 2.75) is 51.0 Å². The molecule has 2 fully saturated rings. The summed E-state index contributed by atoms with van der Waals surface area (Å²) >= 11 is 1.57. The van der Waals surface area contributed by atoms with Crippen LogP contribution in [-0.2, 0) is 27.2 Å². The van der Waals surface area contributed by atoms with E-state index in [4.69, 9.17) is 4.74 Å². The molecule has 3 aliphatic rings. The van der Waals surface area contributed by atoms with Crippen LogP contribution in [-0.4, -0.2) is 67.0 Å². The summed E-state index contributed by atoms with van der Waals surface area (Å²) in [6.07, 6.45) is 6.90. The Morgan fingerprint density at radius 3 is 2.66 bits per heavy atom. The molecule has 4 rings (SSSR count). The van der Waals surface area contributed by atoms with Crippen molar-refractivity contribution in [3.05, 3.63) is 16.0 Å². The van der Waals surface area contributed by atoms with Crippen molar-refractivity contribution in [2.24, 2.45) is 0 Å². The third-order valence-corrected chi connectivity index (χ3v) is 7.25. The lowest BCUT2D eigenvalue weighted by Crippen LogP contribution is -2.52. The van der Waals surface area contributed by atoms with Gasteiger partial charge in [-0.2, -0.15) is 5.26 Å². The van der Waals surface area contributed by atoms with E-state index >= 15 is 0 Å². The molecular weight excluding hydrogens is 388 g/mol. The molecule has 3 heterocycles. The Labute approximate surface area is 175 Å². The third-order valence-electron chi connectivity index (χ3n) is 6.04. The van der Waals surface area contributed by atoms with Crippen LogP contribution in [0.5, 0.6) is 0 Å². The highest BCUT2D eigenvalue weighted by molar-refractivity contribution is 7.16. The SMILES string of the molecule is N#Cc1c(NC(=O)CN2CCN(C(=O)C3CCCO3)CC2)sc2c1CCCCC2. The van der Waals surface area contributed by atoms with Crippen LogP contribution in [0, 0.1) is 11.3 Å². The predicted molar refractivity (Wildman–Crippen MR) is 111 cm³/mol. The monoisotopic (exact) mass is 416 g/mol. The third kappa shape index (κ3) is 4.63. The molecular formula is C21H28N4O3S. The van der Waals surface area contributed by atoms with E-state index in [-0.39, 0.29) is 24.5 Å². The average molecular weight is 417 g/mol. The molecule has 0 spiro atoms. The number of nitrogens with one attached hydrogen (secondary N) is 1. The summed E-state index contributed by atoms with van der Waals surface area (Å²) in [5.41, 5.74) is 1.80. The van der Waals surface area contributed by atoms with Crippen molar-refractivity contribution < 1.29 is 14.3 Å². The van der Waals surface area contributed by atoms with Crippen LogP contribution in [0.3, 0.4) is 0 Å². The number of nitrogens with zero attached hydrogens (tertiary/aromatic N) is 3. The number of ether oxygens (including phenoxy) is 1. The van der Waals surface area contributed by atoms with Gasteiger partial charge in [0.15, 0.2) is 0 Å². The number of rotatable bonds is 4. The van der Waals surface area contributed by atoms with Crippen molar-refractivity contribution in [1.29, 1.82) is 5.26 Å². The van der Waals surface area contributed by atoms with Crippen LogP contribution < -0.4 is 5.32 Å². The molecule has 1 aromatic rings. The zero-order valence-corrected chi connectivity index (χ0v) is 17.6. The number of nitriles is 1. The summed E-state index contributed by atoms with van der Waals surface area (Å²) in [5.74, 6) is 0.00200. The molecule has 2 aliphatic heterocycles. The Kier molecular flexibility index (Phi) is 6.48. The average Bonchev–Trinajstić information content (AvgIpc) is 3.31. The highest BCUT2D eigenvalue weighted by atomic mass is 32.1. The molecule has 0 radical (unpaired) electrons. The largest absolute Gasteiger partial charge is 0.368 e. The number of anilines is 1. The molecule has 1 N–H and O–H groups in total. The lowest BCUT2D eigenvalue weighted by molar-refractivity contribution is -0.142. The van der Waals surface area contributed by atoms with Gasteiger partial charge in [0.25, 0.3) is 5.91 Å². The van der Waals surface area contributed by atoms with Gasteiger partial charge in [0.2, 0.25) is 5.91 Å². The summed E-state index contributed by atoms with van der Waals surface area (Å²) < 4.78 is 5.50. The number of aryl methyl sites for hydroxylation is 1. The van der Waals surface area contributed by atoms with Crippen molar-refractivity contribution in [3.63, 3.8) is 0 Å². The van der Waals surface area contributed by atoms with Crippen LogP contribution in [0.1, 0.15) is 48.1 Å². The Bertz CT molecular complexity index is 802. The Morgan fingerprint density at radius 2 is 1.93 bits per heavy atom. The molecule has 0 aromatic carbocycles. The maximum Gasteiger partial charge on any atom is 0.251 e. The lowest BCUT2D eigenvalue weighted by atomic mass is 10.1. The van der Waals surface area contributed by atoms with Crippen molar-refractivity contribution in [1.82, 2.24) is 9.80 Å². The Balaban J connectivity index is 1.30. The fraction of sp³-hybridized carbons (Fsp3) is 0.667. The second kappa shape index (κ2) is 9.24. The molecule has 2 saturated heterocycles. The van der Waals surface area contributed by atoms with Gasteiger partial charge in [0.05, 0.1) is 12.1 Å². The first-order valence-electron chi connectivity index (χ1n) is 10.6. The van der Waals surface area contributed by atoms with Gasteiger partial charge >= 0.3 is 0 Å². The Morgan fingerprint density at radius 1 is 1.14 bits per heavy atom. The topological polar surface area (TPSA) is 85.7 Å². The molecule has 1 unspecified atom stereocenters.